The summed E-state index contributed by atoms with van der Waals surface area (Å²) >= 11 is 0. The second kappa shape index (κ2) is 6.05. The average Bonchev–Trinajstić information content (AvgIpc) is 2.34. The molecule has 0 fully saturated rings. The summed E-state index contributed by atoms with van der Waals surface area (Å²) in [7, 11) is 1.50. The van der Waals surface area contributed by atoms with E-state index in [1.54, 1.807) is 12.3 Å². The number of ether oxygens (including phenoxy) is 1. The summed E-state index contributed by atoms with van der Waals surface area (Å²) in [4.78, 5) is 21.2. The fourth-order valence-electron chi connectivity index (χ4n) is 0.952. The SMILES string of the molecule is COc1ccncc1C=CC(=O)ON=[N+]=[N-]. The maximum Gasteiger partial charge on any atom is 0.342 e. The van der Waals surface area contributed by atoms with E-state index in [4.69, 9.17) is 10.3 Å². The number of aromatic nitrogens is 1. The van der Waals surface area contributed by atoms with Gasteiger partial charge < -0.3 is 9.57 Å². The minimum absolute atomic E-state index is 0.572. The van der Waals surface area contributed by atoms with Gasteiger partial charge in [0, 0.05) is 28.9 Å². The van der Waals surface area contributed by atoms with Crippen molar-refractivity contribution in [2.75, 3.05) is 7.11 Å². The lowest BCUT2D eigenvalue weighted by molar-refractivity contribution is -0.137. The highest BCUT2D eigenvalue weighted by atomic mass is 16.7. The van der Waals surface area contributed by atoms with Gasteiger partial charge in [0.25, 0.3) is 0 Å². The lowest BCUT2D eigenvalue weighted by Gasteiger charge is -2.01. The number of carbonyl (C=O) groups is 1. The Kier molecular flexibility index (Phi) is 4.36. The Hall–Kier alpha value is -2.53. The quantitative estimate of drug-likeness (QED) is 0.254. The summed E-state index contributed by atoms with van der Waals surface area (Å²) in [6, 6.07) is 1.65. The minimum Gasteiger partial charge on any atom is -0.496 e. The minimum atomic E-state index is -0.774. The summed E-state index contributed by atoms with van der Waals surface area (Å²) in [5, 5.41) is 2.66. The van der Waals surface area contributed by atoms with Crippen LogP contribution in [0.2, 0.25) is 0 Å². The molecule has 7 heteroatoms. The van der Waals surface area contributed by atoms with Gasteiger partial charge >= 0.3 is 5.97 Å². The molecule has 82 valence electrons. The largest absolute Gasteiger partial charge is 0.496 e. The number of hydrogen-bond donors (Lipinski definition) is 0. The van der Waals surface area contributed by atoms with E-state index in [-0.39, 0.29) is 0 Å². The first kappa shape index (κ1) is 11.5. The number of nitrogens with zero attached hydrogens (tertiary/aromatic N) is 4. The summed E-state index contributed by atoms with van der Waals surface area (Å²) in [5.74, 6) is -0.202. The molecule has 0 aliphatic rings. The lowest BCUT2D eigenvalue weighted by atomic mass is 10.2. The monoisotopic (exact) mass is 220 g/mol. The Morgan fingerprint density at radius 1 is 1.69 bits per heavy atom. The maximum absolute atomic E-state index is 10.9. The zero-order chi connectivity index (χ0) is 11.8. The van der Waals surface area contributed by atoms with Gasteiger partial charge in [0.05, 0.1) is 7.11 Å². The highest BCUT2D eigenvalue weighted by molar-refractivity contribution is 5.87. The van der Waals surface area contributed by atoms with E-state index in [1.165, 1.54) is 19.4 Å². The van der Waals surface area contributed by atoms with E-state index >= 15 is 0 Å². The van der Waals surface area contributed by atoms with Gasteiger partial charge in [0.2, 0.25) is 0 Å². The van der Waals surface area contributed by atoms with Crippen molar-refractivity contribution in [1.82, 2.24) is 4.98 Å². The van der Waals surface area contributed by atoms with Crippen LogP contribution in [0.3, 0.4) is 0 Å². The van der Waals surface area contributed by atoms with Gasteiger partial charge in [0.15, 0.2) is 0 Å². The van der Waals surface area contributed by atoms with Gasteiger partial charge in [0.1, 0.15) is 11.0 Å². The summed E-state index contributed by atoms with van der Waals surface area (Å²) in [6.07, 6.45) is 5.64. The molecule has 0 atom stereocenters. The zero-order valence-corrected chi connectivity index (χ0v) is 8.40. The molecule has 0 radical (unpaired) electrons. The number of pyridine rings is 1. The molecule has 0 N–H and O–H groups in total. The van der Waals surface area contributed by atoms with Crippen LogP contribution in [0.25, 0.3) is 16.5 Å². The zero-order valence-electron chi connectivity index (χ0n) is 8.40. The molecular weight excluding hydrogens is 212 g/mol. The van der Waals surface area contributed by atoms with Gasteiger partial charge in [-0.1, -0.05) is 0 Å². The lowest BCUT2D eigenvalue weighted by Crippen LogP contribution is -1.93. The first-order chi connectivity index (χ1) is 7.77. The van der Waals surface area contributed by atoms with Crippen molar-refractivity contribution in [1.29, 1.82) is 0 Å². The van der Waals surface area contributed by atoms with Crippen LogP contribution in [0.5, 0.6) is 5.75 Å². The van der Waals surface area contributed by atoms with Crippen molar-refractivity contribution in [3.05, 3.63) is 40.5 Å². The van der Waals surface area contributed by atoms with Crippen LogP contribution < -0.4 is 4.74 Å². The molecule has 1 aromatic heterocycles. The summed E-state index contributed by atoms with van der Waals surface area (Å²) in [5.41, 5.74) is 8.52. The third kappa shape index (κ3) is 3.32. The van der Waals surface area contributed by atoms with Gasteiger partial charge in [-0.25, -0.2) is 4.79 Å². The molecule has 0 aliphatic heterocycles. The molecule has 16 heavy (non-hydrogen) atoms. The van der Waals surface area contributed by atoms with Crippen molar-refractivity contribution in [3.63, 3.8) is 0 Å². The molecule has 0 spiro atoms. The van der Waals surface area contributed by atoms with Crippen molar-refractivity contribution in [3.8, 4) is 5.75 Å². The fourth-order valence-corrected chi connectivity index (χ4v) is 0.952. The van der Waals surface area contributed by atoms with Crippen molar-refractivity contribution < 1.29 is 14.4 Å². The average molecular weight is 220 g/mol. The Balaban J connectivity index is 2.75. The Morgan fingerprint density at radius 3 is 3.19 bits per heavy atom. The van der Waals surface area contributed by atoms with Gasteiger partial charge in [-0.3, -0.25) is 4.98 Å². The fraction of sp³-hybridized carbons (Fsp3) is 0.111. The van der Waals surface area contributed by atoms with E-state index in [9.17, 15) is 4.79 Å². The first-order valence-electron chi connectivity index (χ1n) is 4.19. The molecule has 0 amide bonds. The second-order valence-corrected chi connectivity index (χ2v) is 2.53. The molecule has 1 heterocycles. The highest BCUT2D eigenvalue weighted by Crippen LogP contribution is 2.17. The van der Waals surface area contributed by atoms with Crippen LogP contribution >= 0.6 is 0 Å². The highest BCUT2D eigenvalue weighted by Gasteiger charge is 1.99. The van der Waals surface area contributed by atoms with Gasteiger partial charge in [-0.2, -0.15) is 0 Å². The first-order valence-corrected chi connectivity index (χ1v) is 4.19. The Morgan fingerprint density at radius 2 is 2.50 bits per heavy atom. The van der Waals surface area contributed by atoms with Crippen LogP contribution in [0.1, 0.15) is 5.56 Å². The molecule has 0 bridgehead atoms. The molecule has 1 rings (SSSR count). The van der Waals surface area contributed by atoms with Crippen LogP contribution in [0.15, 0.2) is 29.8 Å². The van der Waals surface area contributed by atoms with E-state index in [2.05, 4.69) is 20.0 Å². The van der Waals surface area contributed by atoms with Crippen molar-refractivity contribution in [2.24, 2.45) is 5.28 Å². The van der Waals surface area contributed by atoms with Gasteiger partial charge in [-0.15, -0.1) is 0 Å². The molecule has 0 unspecified atom stereocenters. The molecule has 0 aromatic carbocycles. The van der Waals surface area contributed by atoms with E-state index in [1.807, 2.05) is 0 Å². The number of carbonyl (C=O) groups excluding carboxylic acids is 1. The second-order valence-electron chi connectivity index (χ2n) is 2.53. The normalized spacial score (nSPS) is 9.56. The summed E-state index contributed by atoms with van der Waals surface area (Å²) in [6.45, 7) is 0. The molecule has 1 aromatic rings. The predicted octanol–water partition coefficient (Wildman–Crippen LogP) is 1.87. The molecule has 0 saturated carbocycles. The molecule has 0 saturated heterocycles. The van der Waals surface area contributed by atoms with Crippen molar-refractivity contribution in [2.45, 2.75) is 0 Å². The number of rotatable bonds is 4. The topological polar surface area (TPSA) is 97.2 Å². The van der Waals surface area contributed by atoms with Gasteiger partial charge in [-0.05, 0) is 17.7 Å². The van der Waals surface area contributed by atoms with Crippen LogP contribution in [-0.2, 0) is 9.63 Å². The standard InChI is InChI=1S/C9H8N4O3/c1-15-8-4-5-11-6-7(8)2-3-9(14)16-13-12-10/h2-6H,1H3. The number of azide groups is 1. The van der Waals surface area contributed by atoms with E-state index < -0.39 is 5.97 Å². The third-order valence-corrected chi connectivity index (χ3v) is 1.60. The van der Waals surface area contributed by atoms with Crippen LogP contribution in [0.4, 0.5) is 0 Å². The maximum atomic E-state index is 10.9. The summed E-state index contributed by atoms with van der Waals surface area (Å²) < 4.78 is 5.03. The third-order valence-electron chi connectivity index (χ3n) is 1.60. The Bertz CT molecular complexity index is 452. The Labute approximate surface area is 90.9 Å². The van der Waals surface area contributed by atoms with E-state index in [0.29, 0.717) is 11.3 Å². The smallest absolute Gasteiger partial charge is 0.342 e. The van der Waals surface area contributed by atoms with Crippen LogP contribution in [-0.4, -0.2) is 18.1 Å². The predicted molar refractivity (Wildman–Crippen MR) is 55.1 cm³/mol. The number of hydrogen-bond acceptors (Lipinski definition) is 5. The molecule has 7 nitrogen and oxygen atoms in total. The molecular formula is C9H8N4O3. The van der Waals surface area contributed by atoms with Crippen LogP contribution in [0, 0.1) is 0 Å². The molecule has 0 aliphatic carbocycles. The number of methoxy groups -OCH3 is 1. The van der Waals surface area contributed by atoms with Crippen molar-refractivity contribution >= 4 is 12.0 Å². The van der Waals surface area contributed by atoms with E-state index in [0.717, 1.165) is 6.08 Å².